The summed E-state index contributed by atoms with van der Waals surface area (Å²) in [5.74, 6) is 5.04. The first kappa shape index (κ1) is 63.9. The molecule has 2 aromatic rings. The van der Waals surface area contributed by atoms with Crippen LogP contribution in [0.5, 0.6) is 11.5 Å². The second-order valence-electron chi connectivity index (χ2n) is 24.2. The van der Waals surface area contributed by atoms with Crippen LogP contribution in [0.1, 0.15) is 38.8 Å². The van der Waals surface area contributed by atoms with E-state index in [1.165, 1.54) is 33.1 Å². The zero-order valence-electron chi connectivity index (χ0n) is 48.5. The van der Waals surface area contributed by atoms with Crippen molar-refractivity contribution >= 4 is 86.8 Å². The number of β-lactam (4-membered cyclic amide) rings is 2. The summed E-state index contributed by atoms with van der Waals surface area (Å²) >= 11 is 4.51. The monoisotopic (exact) mass is 1410 g/mol. The minimum Gasteiger partial charge on any atom is -0.488 e. The lowest BCUT2D eigenvalue weighted by Crippen LogP contribution is -2.75. The summed E-state index contributed by atoms with van der Waals surface area (Å²) in [4.78, 5) is 109. The van der Waals surface area contributed by atoms with Crippen molar-refractivity contribution in [2.75, 3.05) is 118 Å². The summed E-state index contributed by atoms with van der Waals surface area (Å²) < 4.78 is 23.1. The van der Waals surface area contributed by atoms with Gasteiger partial charge in [0.05, 0.1) is 43.1 Å². The number of carbonyl (C=O) groups is 7. The van der Waals surface area contributed by atoms with Crippen LogP contribution in [-0.4, -0.2) is 216 Å². The maximum Gasteiger partial charge on any atom is 0.380 e. The molecule has 26 heteroatoms. The van der Waals surface area contributed by atoms with Gasteiger partial charge in [-0.25, -0.2) is 24.0 Å². The summed E-state index contributed by atoms with van der Waals surface area (Å²) in [6.07, 6.45) is 2.07. The number of carboxylic acid groups (broad SMARTS) is 1. The van der Waals surface area contributed by atoms with Gasteiger partial charge in [-0.15, -0.1) is 6.58 Å². The zero-order valence-corrected chi connectivity index (χ0v) is 52.8. The molecule has 6 N–H and O–H groups in total. The molecule has 4 bridgehead atoms. The van der Waals surface area contributed by atoms with Crippen molar-refractivity contribution in [1.82, 2.24) is 9.80 Å². The molecule has 0 aliphatic carbocycles. The van der Waals surface area contributed by atoms with Gasteiger partial charge in [0, 0.05) is 34.1 Å². The number of carboxylic acids is 1. The molecule has 12 rings (SSSR count). The largest absolute Gasteiger partial charge is 0.488 e. The summed E-state index contributed by atoms with van der Waals surface area (Å²) in [5.41, 5.74) is 3.74. The molecule has 0 spiro atoms. The SMILES string of the molecule is C=CCOOC(=O)C(C)C1C(=O)N2C(C(=O)OCC=C)=C(COc3ccc(C[N+]45CC[N+](CC(=O)ON)(CC4)CC5)cc3I)[C@H](C)C12.CC(O)C1C(=O)N2C(C(=O)O)=C(COc3ccc(C[N+]45CC[N+](CC(=O)ON)(CC4)CC5)cc3I)[C@H](C)C12. The molecule has 24 nitrogen and oxygen atoms in total. The fourth-order valence-corrected chi connectivity index (χ4v) is 15.8. The highest BCUT2D eigenvalue weighted by Crippen LogP contribution is 2.50. The van der Waals surface area contributed by atoms with E-state index in [-0.39, 0.29) is 79.5 Å². The van der Waals surface area contributed by atoms with Gasteiger partial charge < -0.3 is 61.8 Å². The van der Waals surface area contributed by atoms with Crippen LogP contribution in [0.25, 0.3) is 0 Å². The Hall–Kier alpha value is -5.57. The molecule has 10 heterocycles. The zero-order chi connectivity index (χ0) is 61.3. The number of rotatable bonds is 24. The number of carbonyl (C=O) groups excluding carboxylic acids is 6. The maximum atomic E-state index is 13.4. The lowest BCUT2D eigenvalue weighted by atomic mass is 9.74. The molecule has 85 heavy (non-hydrogen) atoms. The van der Waals surface area contributed by atoms with Crippen LogP contribution in [0.3, 0.4) is 0 Å². The number of nitrogens with two attached hydrogens (primary N) is 2. The number of amides is 2. The third kappa shape index (κ3) is 12.8. The van der Waals surface area contributed by atoms with Crippen LogP contribution in [0.2, 0.25) is 0 Å². The minimum atomic E-state index is -1.15. The standard InChI is InChI=1S/C33H43IN4O9.C26H34IN4O7/c1-5-15-43-33(42)30-24(21(3)29-28(31(40)36(29)30)22(4)32(41)47-45-16-6-2)20-44-26-8-7-23(17-25(26)34)18-37-9-12-38(13-10-37,14-11-37)19-27(39)46-35;1-15-18(24(26(35)36)29-23(15)22(16(2)32)25(29)34)14-37-20-4-3-17(11-19(20)27)12-30-5-8-31(9-6-30,10-7-30)13-21(33)38-28/h5-8,17,21-22,28-29H,1-2,9-16,18-20,35H2,3-4H3;3-4,11,15-16,22-23,32H,5-10,12-14,28H2,1-2H3/q+2;+1/p+1/t21-,22?,28?,29?,37?,38?;15-,16?,22?,23?,30?,31?/m00/s1. The van der Waals surface area contributed by atoms with Gasteiger partial charge in [-0.3, -0.25) is 14.5 Å². The molecular formula is C59H78I2N8O16+4. The van der Waals surface area contributed by atoms with Crippen molar-refractivity contribution in [3.05, 3.63) is 103 Å². The van der Waals surface area contributed by atoms with Crippen molar-refractivity contribution in [3.63, 3.8) is 0 Å². The van der Waals surface area contributed by atoms with Crippen molar-refractivity contribution in [2.45, 2.75) is 59.0 Å². The molecule has 0 saturated carbocycles. The molecule has 2 amide bonds. The van der Waals surface area contributed by atoms with Crippen LogP contribution in [0, 0.1) is 36.7 Å². The number of esters is 1. The Morgan fingerprint density at radius 1 is 0.659 bits per heavy atom. The van der Waals surface area contributed by atoms with Crippen molar-refractivity contribution in [3.8, 4) is 11.5 Å². The van der Waals surface area contributed by atoms with Gasteiger partial charge in [-0.05, 0) is 88.5 Å². The van der Waals surface area contributed by atoms with E-state index in [0.717, 1.165) is 117 Å². The van der Waals surface area contributed by atoms with Gasteiger partial charge in [-0.2, -0.15) is 16.7 Å². The lowest BCUT2D eigenvalue weighted by Gasteiger charge is -2.55. The smallest absolute Gasteiger partial charge is 0.380 e. The summed E-state index contributed by atoms with van der Waals surface area (Å²) in [6.45, 7) is 28.2. The Labute approximate surface area is 521 Å². The second kappa shape index (κ2) is 26.0. The molecule has 460 valence electrons. The Morgan fingerprint density at radius 2 is 1.07 bits per heavy atom. The highest BCUT2D eigenvalue weighted by Gasteiger charge is 2.62. The van der Waals surface area contributed by atoms with E-state index in [4.69, 9.17) is 35.8 Å². The van der Waals surface area contributed by atoms with Crippen LogP contribution in [0.15, 0.2) is 84.2 Å². The molecule has 8 atom stereocenters. The number of fused-ring (bicyclic) bond motifs is 8. The molecule has 10 aliphatic heterocycles. The van der Waals surface area contributed by atoms with Crippen molar-refractivity contribution in [1.29, 1.82) is 0 Å². The van der Waals surface area contributed by atoms with Crippen LogP contribution in [-0.2, 0) is 70.8 Å². The van der Waals surface area contributed by atoms with Crippen molar-refractivity contribution in [2.24, 2.45) is 41.4 Å². The van der Waals surface area contributed by atoms with E-state index in [1.54, 1.807) is 13.8 Å². The summed E-state index contributed by atoms with van der Waals surface area (Å²) in [6, 6.07) is 11.5. The first-order chi connectivity index (χ1) is 40.5. The first-order valence-electron chi connectivity index (χ1n) is 28.8. The maximum absolute atomic E-state index is 13.4. The van der Waals surface area contributed by atoms with E-state index in [9.17, 15) is 43.8 Å². The van der Waals surface area contributed by atoms with Crippen LogP contribution < -0.4 is 21.3 Å². The summed E-state index contributed by atoms with van der Waals surface area (Å²) in [5, 5.41) is 19.9. The van der Waals surface area contributed by atoms with Gasteiger partial charge in [0.2, 0.25) is 11.8 Å². The highest BCUT2D eigenvalue weighted by atomic mass is 127. The number of nitrogens with zero attached hydrogens (tertiary/aromatic N) is 6. The number of hydrogen-bond acceptors (Lipinski definition) is 17. The Bertz CT molecular complexity index is 3030. The van der Waals surface area contributed by atoms with Crippen molar-refractivity contribution < 1.29 is 95.4 Å². The van der Waals surface area contributed by atoms with E-state index in [2.05, 4.69) is 92.3 Å². The van der Waals surface area contributed by atoms with Crippen LogP contribution in [0.4, 0.5) is 0 Å². The van der Waals surface area contributed by atoms with E-state index in [1.807, 2.05) is 26.0 Å². The number of hydrogen-bond donors (Lipinski definition) is 4. The lowest BCUT2D eigenvalue weighted by molar-refractivity contribution is -1.08. The fourth-order valence-electron chi connectivity index (χ4n) is 14.3. The molecule has 8 saturated heterocycles. The number of piperazine rings is 6. The molecule has 0 radical (unpaired) electrons. The number of aliphatic carboxylic acids is 1. The minimum absolute atomic E-state index is 0.00997. The molecule has 2 aromatic carbocycles. The van der Waals surface area contributed by atoms with Gasteiger partial charge in [-0.1, -0.05) is 39.5 Å². The molecule has 6 unspecified atom stereocenters. The Balaban J connectivity index is 0.000000208. The quantitative estimate of drug-likeness (QED) is 0.0172. The molecule has 0 aromatic heterocycles. The third-order valence-corrected chi connectivity index (χ3v) is 21.0. The number of ether oxygens (including phenoxy) is 3. The van der Waals surface area contributed by atoms with Gasteiger partial charge in [0.1, 0.15) is 141 Å². The second-order valence-corrected chi connectivity index (χ2v) is 26.6. The predicted octanol–water partition coefficient (Wildman–Crippen LogP) is 2.45. The number of quaternary nitrogens is 4. The van der Waals surface area contributed by atoms with Gasteiger partial charge >= 0.3 is 29.8 Å². The summed E-state index contributed by atoms with van der Waals surface area (Å²) in [7, 11) is 0. The number of aliphatic hydroxyl groups is 1. The average Bonchev–Trinajstić information content (AvgIpc) is 1.70. The fraction of sp³-hybridized carbons (Fsp3) is 0.542. The average molecular weight is 1410 g/mol. The van der Waals surface area contributed by atoms with E-state index >= 15 is 0 Å². The first-order valence-corrected chi connectivity index (χ1v) is 30.9. The molecular weight excluding hydrogens is 1330 g/mol. The van der Waals surface area contributed by atoms with E-state index < -0.39 is 47.8 Å². The van der Waals surface area contributed by atoms with Gasteiger partial charge in [0.15, 0.2) is 13.1 Å². The highest BCUT2D eigenvalue weighted by molar-refractivity contribution is 14.1. The molecule has 8 fully saturated rings. The number of benzene rings is 2. The Morgan fingerprint density at radius 3 is 1.48 bits per heavy atom. The molecule has 10 aliphatic rings. The number of halogens is 2. The third-order valence-electron chi connectivity index (χ3n) is 19.4. The Kier molecular flexibility index (Phi) is 19.6. The van der Waals surface area contributed by atoms with Crippen LogP contribution >= 0.6 is 45.2 Å². The number of aliphatic hydroxyl groups excluding tert-OH is 1. The van der Waals surface area contributed by atoms with E-state index in [0.29, 0.717) is 35.7 Å². The van der Waals surface area contributed by atoms with Gasteiger partial charge in [0.25, 0.3) is 0 Å². The normalized spacial score (nSPS) is 30.2. The topological polar surface area (TPSA) is 283 Å². The predicted molar refractivity (Wildman–Crippen MR) is 319 cm³/mol.